The summed E-state index contributed by atoms with van der Waals surface area (Å²) in [7, 11) is 0. The summed E-state index contributed by atoms with van der Waals surface area (Å²) in [5, 5.41) is 7.95. The molecule has 0 aliphatic carbocycles. The summed E-state index contributed by atoms with van der Waals surface area (Å²) < 4.78 is 5.16. The number of hydrogen-bond acceptors (Lipinski definition) is 4. The van der Waals surface area contributed by atoms with E-state index in [1.54, 1.807) is 52.0 Å². The third kappa shape index (κ3) is 7.69. The smallest absolute Gasteiger partial charge is 0.412 e. The molecule has 0 spiro atoms. The van der Waals surface area contributed by atoms with E-state index in [1.165, 1.54) is 0 Å². The molecule has 25 heavy (non-hydrogen) atoms. The van der Waals surface area contributed by atoms with Gasteiger partial charge in [0.25, 0.3) is 5.91 Å². The van der Waals surface area contributed by atoms with E-state index < -0.39 is 17.7 Å². The molecule has 7 nitrogen and oxygen atoms in total. The molecule has 0 radical (unpaired) electrons. The minimum Gasteiger partial charge on any atom is -0.444 e. The van der Waals surface area contributed by atoms with Crippen molar-refractivity contribution >= 4 is 23.6 Å². The molecular formula is C18H27N3O4. The number of nitrogens with one attached hydrogen (secondary N) is 3. The van der Waals surface area contributed by atoms with Gasteiger partial charge < -0.3 is 15.4 Å². The van der Waals surface area contributed by atoms with Crippen molar-refractivity contribution in [1.29, 1.82) is 0 Å². The van der Waals surface area contributed by atoms with Crippen molar-refractivity contribution < 1.29 is 19.1 Å². The van der Waals surface area contributed by atoms with Crippen LogP contribution >= 0.6 is 0 Å². The van der Waals surface area contributed by atoms with E-state index in [9.17, 15) is 14.4 Å². The van der Waals surface area contributed by atoms with Gasteiger partial charge in [0, 0.05) is 17.8 Å². The normalized spacial score (nSPS) is 12.0. The largest absolute Gasteiger partial charge is 0.444 e. The SMILES string of the molecule is CCCNC(=O)C(C)NC(=O)c1ccc(NC(=O)OC(C)(C)C)cc1. The van der Waals surface area contributed by atoms with Crippen molar-refractivity contribution in [2.24, 2.45) is 0 Å². The summed E-state index contributed by atoms with van der Waals surface area (Å²) in [4.78, 5) is 35.6. The predicted octanol–water partition coefficient (Wildman–Crippen LogP) is 2.68. The molecule has 1 unspecified atom stereocenters. The minimum absolute atomic E-state index is 0.224. The van der Waals surface area contributed by atoms with Gasteiger partial charge in [0.15, 0.2) is 0 Å². The second-order valence-electron chi connectivity index (χ2n) is 6.69. The molecule has 0 saturated carbocycles. The Bertz CT molecular complexity index is 606. The second kappa shape index (κ2) is 9.05. The molecule has 3 N–H and O–H groups in total. The van der Waals surface area contributed by atoms with Crippen LogP contribution in [0.2, 0.25) is 0 Å². The van der Waals surface area contributed by atoms with Gasteiger partial charge in [-0.05, 0) is 58.4 Å². The number of rotatable bonds is 6. The molecule has 3 amide bonds. The molecule has 138 valence electrons. The first-order chi connectivity index (χ1) is 11.6. The molecule has 0 fully saturated rings. The van der Waals surface area contributed by atoms with Crippen LogP contribution in [0.15, 0.2) is 24.3 Å². The van der Waals surface area contributed by atoms with Crippen LogP contribution in [0.3, 0.4) is 0 Å². The molecule has 1 rings (SSSR count). The van der Waals surface area contributed by atoms with Gasteiger partial charge in [-0.15, -0.1) is 0 Å². The fraction of sp³-hybridized carbons (Fsp3) is 0.500. The topological polar surface area (TPSA) is 96.5 Å². The monoisotopic (exact) mass is 349 g/mol. The summed E-state index contributed by atoms with van der Waals surface area (Å²) in [6, 6.07) is 5.71. The fourth-order valence-corrected chi connectivity index (χ4v) is 1.87. The average molecular weight is 349 g/mol. The molecule has 0 heterocycles. The van der Waals surface area contributed by atoms with Crippen molar-refractivity contribution in [2.75, 3.05) is 11.9 Å². The van der Waals surface area contributed by atoms with Gasteiger partial charge in [0.1, 0.15) is 11.6 Å². The van der Waals surface area contributed by atoms with E-state index in [0.717, 1.165) is 6.42 Å². The van der Waals surface area contributed by atoms with Crippen LogP contribution in [-0.4, -0.2) is 36.1 Å². The number of ether oxygens (including phenoxy) is 1. The highest BCUT2D eigenvalue weighted by atomic mass is 16.6. The molecule has 1 aromatic rings. The van der Waals surface area contributed by atoms with Crippen molar-refractivity contribution in [3.05, 3.63) is 29.8 Å². The Labute approximate surface area is 148 Å². The van der Waals surface area contributed by atoms with E-state index in [2.05, 4.69) is 16.0 Å². The standard InChI is InChI=1S/C18H27N3O4/c1-6-11-19-15(22)12(2)20-16(23)13-7-9-14(10-8-13)21-17(24)25-18(3,4)5/h7-10,12H,6,11H2,1-5H3,(H,19,22)(H,20,23)(H,21,24). The summed E-state index contributed by atoms with van der Waals surface area (Å²) >= 11 is 0. The second-order valence-corrected chi connectivity index (χ2v) is 6.69. The van der Waals surface area contributed by atoms with Gasteiger partial charge in [-0.25, -0.2) is 4.79 Å². The van der Waals surface area contributed by atoms with Crippen LogP contribution in [0.1, 0.15) is 51.4 Å². The lowest BCUT2D eigenvalue weighted by molar-refractivity contribution is -0.122. The first-order valence-electron chi connectivity index (χ1n) is 8.31. The maximum atomic E-state index is 12.2. The van der Waals surface area contributed by atoms with E-state index in [1.807, 2.05) is 6.92 Å². The van der Waals surface area contributed by atoms with Gasteiger partial charge in [-0.3, -0.25) is 14.9 Å². The molecule has 0 aliphatic rings. The van der Waals surface area contributed by atoms with Crippen molar-refractivity contribution in [3.8, 4) is 0 Å². The van der Waals surface area contributed by atoms with Gasteiger partial charge in [0.05, 0.1) is 0 Å². The van der Waals surface area contributed by atoms with Gasteiger partial charge in [-0.1, -0.05) is 6.92 Å². The molecule has 7 heteroatoms. The lowest BCUT2D eigenvalue weighted by Crippen LogP contribution is -2.45. The lowest BCUT2D eigenvalue weighted by Gasteiger charge is -2.19. The molecule has 0 saturated heterocycles. The number of carbonyl (C=O) groups excluding carboxylic acids is 3. The van der Waals surface area contributed by atoms with Crippen LogP contribution < -0.4 is 16.0 Å². The zero-order valence-corrected chi connectivity index (χ0v) is 15.4. The van der Waals surface area contributed by atoms with E-state index in [-0.39, 0.29) is 11.8 Å². The van der Waals surface area contributed by atoms with Crippen LogP contribution in [0.4, 0.5) is 10.5 Å². The predicted molar refractivity (Wildman–Crippen MR) is 96.5 cm³/mol. The maximum Gasteiger partial charge on any atom is 0.412 e. The highest BCUT2D eigenvalue weighted by Crippen LogP contribution is 2.13. The van der Waals surface area contributed by atoms with Crippen LogP contribution in [0.25, 0.3) is 0 Å². The Kier molecular flexibility index (Phi) is 7.42. The molecule has 1 aromatic carbocycles. The highest BCUT2D eigenvalue weighted by Gasteiger charge is 2.17. The van der Waals surface area contributed by atoms with E-state index in [0.29, 0.717) is 17.8 Å². The molecule has 1 atom stereocenters. The van der Waals surface area contributed by atoms with Gasteiger partial charge in [0.2, 0.25) is 5.91 Å². The third-order valence-corrected chi connectivity index (χ3v) is 3.08. The Morgan fingerprint density at radius 3 is 2.24 bits per heavy atom. The molecule has 0 aliphatic heterocycles. The average Bonchev–Trinajstić information content (AvgIpc) is 2.51. The van der Waals surface area contributed by atoms with Crippen LogP contribution in [0, 0.1) is 0 Å². The number of benzene rings is 1. The van der Waals surface area contributed by atoms with E-state index in [4.69, 9.17) is 4.74 Å². The van der Waals surface area contributed by atoms with Gasteiger partial charge >= 0.3 is 6.09 Å². The van der Waals surface area contributed by atoms with Gasteiger partial charge in [-0.2, -0.15) is 0 Å². The quantitative estimate of drug-likeness (QED) is 0.735. The number of carbonyl (C=O) groups is 3. The van der Waals surface area contributed by atoms with E-state index >= 15 is 0 Å². The Hall–Kier alpha value is -2.57. The lowest BCUT2D eigenvalue weighted by atomic mass is 10.1. The molecule has 0 bridgehead atoms. The van der Waals surface area contributed by atoms with Crippen molar-refractivity contribution in [2.45, 2.75) is 52.7 Å². The minimum atomic E-state index is -0.626. The number of anilines is 1. The van der Waals surface area contributed by atoms with Crippen molar-refractivity contribution in [1.82, 2.24) is 10.6 Å². The van der Waals surface area contributed by atoms with Crippen LogP contribution in [-0.2, 0) is 9.53 Å². The Morgan fingerprint density at radius 1 is 1.12 bits per heavy atom. The summed E-state index contributed by atoms with van der Waals surface area (Å²) in [5.41, 5.74) is 0.322. The Balaban J connectivity index is 2.59. The first kappa shape index (κ1) is 20.5. The maximum absolute atomic E-state index is 12.2. The van der Waals surface area contributed by atoms with Crippen molar-refractivity contribution in [3.63, 3.8) is 0 Å². The number of amides is 3. The number of hydrogen-bond donors (Lipinski definition) is 3. The summed E-state index contributed by atoms with van der Waals surface area (Å²) in [5.74, 6) is -0.582. The van der Waals surface area contributed by atoms with Crippen LogP contribution in [0.5, 0.6) is 0 Å². The first-order valence-corrected chi connectivity index (χ1v) is 8.31. The molecular weight excluding hydrogens is 322 g/mol. The zero-order valence-electron chi connectivity index (χ0n) is 15.4. The highest BCUT2D eigenvalue weighted by molar-refractivity contribution is 5.98. The Morgan fingerprint density at radius 2 is 1.72 bits per heavy atom. The zero-order chi connectivity index (χ0) is 19.0. The molecule has 0 aromatic heterocycles. The third-order valence-electron chi connectivity index (χ3n) is 3.08. The summed E-state index contributed by atoms with van der Waals surface area (Å²) in [6.07, 6.45) is 0.268. The summed E-state index contributed by atoms with van der Waals surface area (Å²) in [6.45, 7) is 9.48. The fourth-order valence-electron chi connectivity index (χ4n) is 1.87.